The SMILES string of the molecule is C=C1C=c2ccc(C(=O)NCC(F)(F)F)c(C)c2=CN1CC1CCCC(C(=O)C2=CC=C(C3=NC(C(F)(F)F)CC=C3)CC2)CC1. The van der Waals surface area contributed by atoms with E-state index in [0.717, 1.165) is 48.2 Å². The van der Waals surface area contributed by atoms with Crippen molar-refractivity contribution in [2.45, 2.75) is 76.7 Å². The third kappa shape index (κ3) is 7.90. The van der Waals surface area contributed by atoms with E-state index in [9.17, 15) is 35.9 Å². The molecule has 0 bridgehead atoms. The van der Waals surface area contributed by atoms with E-state index < -0.39 is 30.8 Å². The summed E-state index contributed by atoms with van der Waals surface area (Å²) in [6.45, 7) is 5.16. The molecule has 1 amide bonds. The number of halogens is 6. The maximum Gasteiger partial charge on any atom is 0.411 e. The molecule has 5 nitrogen and oxygen atoms in total. The Morgan fingerprint density at radius 1 is 1.04 bits per heavy atom. The van der Waals surface area contributed by atoms with Crippen LogP contribution in [0.4, 0.5) is 26.3 Å². The van der Waals surface area contributed by atoms with Crippen LogP contribution in [-0.2, 0) is 4.79 Å². The van der Waals surface area contributed by atoms with Gasteiger partial charge in [0.05, 0.1) is 5.71 Å². The second-order valence-electron chi connectivity index (χ2n) is 12.5. The molecule has 46 heavy (non-hydrogen) atoms. The number of nitrogens with zero attached hydrogens (tertiary/aromatic N) is 2. The summed E-state index contributed by atoms with van der Waals surface area (Å²) in [5.41, 5.74) is 3.29. The largest absolute Gasteiger partial charge is 0.411 e. The number of nitrogens with one attached hydrogen (secondary N) is 1. The highest BCUT2D eigenvalue weighted by Crippen LogP contribution is 2.34. The molecule has 3 unspecified atom stereocenters. The van der Waals surface area contributed by atoms with Crippen molar-refractivity contribution in [3.05, 3.63) is 81.4 Å². The normalized spacial score (nSPS) is 23.6. The highest BCUT2D eigenvalue weighted by atomic mass is 19.4. The first-order valence-electron chi connectivity index (χ1n) is 15.6. The van der Waals surface area contributed by atoms with Crippen LogP contribution >= 0.6 is 0 Å². The highest BCUT2D eigenvalue weighted by Gasteiger charge is 2.40. The van der Waals surface area contributed by atoms with Crippen LogP contribution in [0, 0.1) is 18.8 Å². The van der Waals surface area contributed by atoms with Crippen molar-refractivity contribution in [3.8, 4) is 0 Å². The Morgan fingerprint density at radius 2 is 1.83 bits per heavy atom. The smallest absolute Gasteiger partial charge is 0.348 e. The van der Waals surface area contributed by atoms with E-state index in [-0.39, 0.29) is 29.6 Å². The maximum absolute atomic E-state index is 13.5. The number of fused-ring (bicyclic) bond motifs is 1. The number of Topliss-reactive ketones (excluding diaryl/α,β-unsaturated/α-hetero) is 1. The monoisotopic (exact) mass is 645 g/mol. The summed E-state index contributed by atoms with van der Waals surface area (Å²) in [5, 5.41) is 3.53. The van der Waals surface area contributed by atoms with Crippen molar-refractivity contribution >= 4 is 29.7 Å². The predicted molar refractivity (Wildman–Crippen MR) is 165 cm³/mol. The fraction of sp³-hybridized carbons (Fsp3) is 0.457. The standard InChI is InChI=1S/C35H37F6N3O2/c1-21-17-27-15-16-28(33(46)42-20-34(36,37)38)22(2)29(27)19-44(21)18-23-5-3-6-25(10-9-23)32(45)26-13-11-24(12-14-26)30-7-4-8-31(43-30)35(39,40)41/h4,7,11,13,15-17,19,23,25,31H,1,3,5-6,8-10,12,14,18,20H2,2H3,(H,42,46). The van der Waals surface area contributed by atoms with Crippen LogP contribution < -0.4 is 15.8 Å². The second kappa shape index (κ2) is 13.5. The summed E-state index contributed by atoms with van der Waals surface area (Å²) < 4.78 is 77.4. The summed E-state index contributed by atoms with van der Waals surface area (Å²) in [6.07, 6.45) is 6.42. The van der Waals surface area contributed by atoms with Crippen LogP contribution in [-0.4, -0.2) is 53.8 Å². The van der Waals surface area contributed by atoms with E-state index in [2.05, 4.69) is 11.6 Å². The van der Waals surface area contributed by atoms with Gasteiger partial charge in [0.25, 0.3) is 5.91 Å². The van der Waals surface area contributed by atoms with Crippen LogP contribution in [0.5, 0.6) is 0 Å². The molecule has 1 aromatic rings. The molecule has 1 fully saturated rings. The zero-order chi connectivity index (χ0) is 33.2. The van der Waals surface area contributed by atoms with Crippen molar-refractivity contribution in [1.82, 2.24) is 10.2 Å². The third-order valence-electron chi connectivity index (χ3n) is 9.24. The zero-order valence-corrected chi connectivity index (χ0v) is 25.6. The number of allylic oxidation sites excluding steroid dienone is 6. The summed E-state index contributed by atoms with van der Waals surface area (Å²) in [4.78, 5) is 31.9. The van der Waals surface area contributed by atoms with Crippen LogP contribution in [0.25, 0.3) is 12.3 Å². The van der Waals surface area contributed by atoms with Gasteiger partial charge in [-0.1, -0.05) is 37.3 Å². The number of carbonyl (C=O) groups excluding carboxylic acids is 2. The molecule has 4 aliphatic rings. The first kappa shape index (κ1) is 33.5. The van der Waals surface area contributed by atoms with Gasteiger partial charge in [-0.25, -0.2) is 0 Å². The zero-order valence-electron chi connectivity index (χ0n) is 25.6. The molecule has 2 aliphatic heterocycles. The Kier molecular flexibility index (Phi) is 9.79. The molecule has 0 aromatic heterocycles. The summed E-state index contributed by atoms with van der Waals surface area (Å²) in [6, 6.07) is 1.51. The van der Waals surface area contributed by atoms with Gasteiger partial charge in [-0.05, 0) is 97.9 Å². The van der Waals surface area contributed by atoms with E-state index in [4.69, 9.17) is 0 Å². The summed E-state index contributed by atoms with van der Waals surface area (Å²) >= 11 is 0. The molecule has 11 heteroatoms. The van der Waals surface area contributed by atoms with Gasteiger partial charge in [-0.15, -0.1) is 0 Å². The topological polar surface area (TPSA) is 61.8 Å². The van der Waals surface area contributed by atoms with Gasteiger partial charge in [0, 0.05) is 35.1 Å². The molecule has 1 N–H and O–H groups in total. The molecule has 0 radical (unpaired) electrons. The molecule has 5 rings (SSSR count). The average molecular weight is 646 g/mol. The summed E-state index contributed by atoms with van der Waals surface area (Å²) in [7, 11) is 0. The molecule has 1 saturated carbocycles. The van der Waals surface area contributed by atoms with Gasteiger partial charge in [-0.2, -0.15) is 26.3 Å². The van der Waals surface area contributed by atoms with E-state index >= 15 is 0 Å². The second-order valence-corrected chi connectivity index (χ2v) is 12.5. The minimum Gasteiger partial charge on any atom is -0.348 e. The summed E-state index contributed by atoms with van der Waals surface area (Å²) in [5.74, 6) is -0.512. The Labute approximate surface area is 263 Å². The quantitative estimate of drug-likeness (QED) is 0.277. The van der Waals surface area contributed by atoms with E-state index in [1.807, 2.05) is 22.5 Å². The molecule has 0 spiro atoms. The molecular weight excluding hydrogens is 608 g/mol. The lowest BCUT2D eigenvalue weighted by atomic mass is 9.85. The number of alkyl halides is 6. The molecule has 3 atom stereocenters. The number of amides is 1. The van der Waals surface area contributed by atoms with Crippen molar-refractivity contribution in [2.75, 3.05) is 13.1 Å². The van der Waals surface area contributed by atoms with E-state index in [0.29, 0.717) is 41.8 Å². The lowest BCUT2D eigenvalue weighted by molar-refractivity contribution is -0.146. The van der Waals surface area contributed by atoms with Gasteiger partial charge >= 0.3 is 12.4 Å². The lowest BCUT2D eigenvalue weighted by Crippen LogP contribution is -2.40. The number of carbonyl (C=O) groups is 2. The van der Waals surface area contributed by atoms with Gasteiger partial charge in [-0.3, -0.25) is 14.6 Å². The maximum atomic E-state index is 13.5. The molecule has 0 saturated heterocycles. The fourth-order valence-electron chi connectivity index (χ4n) is 6.63. The Bertz CT molecular complexity index is 1650. The van der Waals surface area contributed by atoms with Crippen LogP contribution in [0.15, 0.2) is 64.9 Å². The Morgan fingerprint density at radius 3 is 2.52 bits per heavy atom. The minimum atomic E-state index is -4.50. The van der Waals surface area contributed by atoms with E-state index in [1.165, 1.54) is 12.1 Å². The Hall–Kier alpha value is -3.89. The number of hydrogen-bond acceptors (Lipinski definition) is 4. The van der Waals surface area contributed by atoms with Crippen molar-refractivity contribution < 1.29 is 35.9 Å². The van der Waals surface area contributed by atoms with Crippen LogP contribution in [0.1, 0.15) is 67.3 Å². The Balaban J connectivity index is 1.22. The highest BCUT2D eigenvalue weighted by molar-refractivity contribution is 6.10. The molecule has 1 aromatic carbocycles. The molecule has 246 valence electrons. The number of dihydropyridines is 1. The number of hydrogen-bond donors (Lipinski definition) is 1. The molecular formula is C35H37F6N3O2. The van der Waals surface area contributed by atoms with Gasteiger partial charge in [0.15, 0.2) is 5.78 Å². The minimum absolute atomic E-state index is 0.105. The first-order valence-corrected chi connectivity index (χ1v) is 15.6. The van der Waals surface area contributed by atoms with E-state index in [1.54, 1.807) is 31.2 Å². The lowest BCUT2D eigenvalue weighted by Gasteiger charge is -2.28. The number of benzene rings is 1. The average Bonchev–Trinajstić information content (AvgIpc) is 3.25. The van der Waals surface area contributed by atoms with Crippen LogP contribution in [0.2, 0.25) is 0 Å². The van der Waals surface area contributed by atoms with Crippen LogP contribution in [0.3, 0.4) is 0 Å². The molecule has 2 heterocycles. The predicted octanol–water partition coefficient (Wildman–Crippen LogP) is 6.38. The van der Waals surface area contributed by atoms with Gasteiger partial charge in [0.1, 0.15) is 12.6 Å². The number of aliphatic imine (C=N–C) groups is 1. The number of ketones is 1. The van der Waals surface area contributed by atoms with Crippen molar-refractivity contribution in [1.29, 1.82) is 0 Å². The van der Waals surface area contributed by atoms with Gasteiger partial charge in [0.2, 0.25) is 0 Å². The molecule has 2 aliphatic carbocycles. The first-order chi connectivity index (χ1) is 21.7. The van der Waals surface area contributed by atoms with Crippen molar-refractivity contribution in [2.24, 2.45) is 16.8 Å². The number of rotatable bonds is 7. The fourth-order valence-corrected chi connectivity index (χ4v) is 6.63. The third-order valence-corrected chi connectivity index (χ3v) is 9.24. The van der Waals surface area contributed by atoms with Crippen molar-refractivity contribution in [3.63, 3.8) is 0 Å². The van der Waals surface area contributed by atoms with Gasteiger partial charge < -0.3 is 10.2 Å².